The fourth-order valence-corrected chi connectivity index (χ4v) is 2.00. The van der Waals surface area contributed by atoms with Crippen molar-refractivity contribution in [2.45, 2.75) is 33.2 Å². The van der Waals surface area contributed by atoms with Gasteiger partial charge in [-0.15, -0.1) is 0 Å². The summed E-state index contributed by atoms with van der Waals surface area (Å²) in [4.78, 5) is 15.9. The molecule has 0 bridgehead atoms. The van der Waals surface area contributed by atoms with Crippen LogP contribution in [0, 0.1) is 0 Å². The number of urea groups is 1. The summed E-state index contributed by atoms with van der Waals surface area (Å²) in [6.45, 7) is 12.4. The molecule has 1 heterocycles. The Morgan fingerprint density at radius 2 is 2.00 bits per heavy atom. The minimum Gasteiger partial charge on any atom is -0.325 e. The Morgan fingerprint density at radius 3 is 2.47 bits per heavy atom. The molecule has 4 nitrogen and oxygen atoms in total. The smallest absolute Gasteiger partial charge is 0.320 e. The van der Waals surface area contributed by atoms with E-state index in [1.165, 1.54) is 0 Å². The first-order valence-electron chi connectivity index (χ1n) is 5.79. The standard InChI is InChI=1S/C11H23N3O/c1-5-13(6-2)10(15)14-8-7-12-11(3,4)9-14/h12H,5-9H2,1-4H3. The highest BCUT2D eigenvalue weighted by Gasteiger charge is 2.29. The van der Waals surface area contributed by atoms with Crippen LogP contribution in [0.15, 0.2) is 0 Å². The van der Waals surface area contributed by atoms with Crippen LogP contribution in [0.25, 0.3) is 0 Å². The maximum atomic E-state index is 12.1. The monoisotopic (exact) mass is 213 g/mol. The second-order valence-corrected chi connectivity index (χ2v) is 4.69. The fourth-order valence-electron chi connectivity index (χ4n) is 2.00. The quantitative estimate of drug-likeness (QED) is 0.746. The van der Waals surface area contributed by atoms with E-state index in [9.17, 15) is 4.79 Å². The lowest BCUT2D eigenvalue weighted by molar-refractivity contribution is 0.124. The Balaban J connectivity index is 2.59. The second-order valence-electron chi connectivity index (χ2n) is 4.69. The van der Waals surface area contributed by atoms with Crippen molar-refractivity contribution < 1.29 is 4.79 Å². The summed E-state index contributed by atoms with van der Waals surface area (Å²) < 4.78 is 0. The molecule has 88 valence electrons. The molecule has 4 heteroatoms. The molecule has 0 atom stereocenters. The predicted octanol–water partition coefficient (Wildman–Crippen LogP) is 1.13. The van der Waals surface area contributed by atoms with Crippen LogP contribution in [0.3, 0.4) is 0 Å². The van der Waals surface area contributed by atoms with Crippen LogP contribution in [0.5, 0.6) is 0 Å². The van der Waals surface area contributed by atoms with Gasteiger partial charge in [0.05, 0.1) is 0 Å². The molecule has 2 amide bonds. The van der Waals surface area contributed by atoms with Gasteiger partial charge >= 0.3 is 6.03 Å². The molecule has 15 heavy (non-hydrogen) atoms. The molecule has 0 unspecified atom stereocenters. The number of nitrogens with zero attached hydrogens (tertiary/aromatic N) is 2. The Bertz CT molecular complexity index is 224. The first-order valence-corrected chi connectivity index (χ1v) is 5.79. The lowest BCUT2D eigenvalue weighted by atomic mass is 10.0. The summed E-state index contributed by atoms with van der Waals surface area (Å²) in [6.07, 6.45) is 0. The van der Waals surface area contributed by atoms with Gasteiger partial charge in [-0.2, -0.15) is 0 Å². The second kappa shape index (κ2) is 4.84. The first-order chi connectivity index (χ1) is 7.00. The number of hydrogen-bond acceptors (Lipinski definition) is 2. The van der Waals surface area contributed by atoms with E-state index in [0.717, 1.165) is 32.7 Å². The number of hydrogen-bond donors (Lipinski definition) is 1. The minimum absolute atomic E-state index is 0.0427. The third-order valence-corrected chi connectivity index (χ3v) is 2.88. The van der Waals surface area contributed by atoms with Crippen LogP contribution in [0.2, 0.25) is 0 Å². The number of carbonyl (C=O) groups is 1. The average molecular weight is 213 g/mol. The molecule has 1 rings (SSSR count). The fraction of sp³-hybridized carbons (Fsp3) is 0.909. The number of amides is 2. The highest BCUT2D eigenvalue weighted by Crippen LogP contribution is 2.12. The van der Waals surface area contributed by atoms with Crippen LogP contribution in [0.1, 0.15) is 27.7 Å². The highest BCUT2D eigenvalue weighted by atomic mass is 16.2. The largest absolute Gasteiger partial charge is 0.325 e. The summed E-state index contributed by atoms with van der Waals surface area (Å²) in [5.74, 6) is 0. The third-order valence-electron chi connectivity index (χ3n) is 2.88. The van der Waals surface area contributed by atoms with E-state index >= 15 is 0 Å². The van der Waals surface area contributed by atoms with E-state index in [-0.39, 0.29) is 11.6 Å². The first kappa shape index (κ1) is 12.3. The molecule has 0 aromatic heterocycles. The van der Waals surface area contributed by atoms with Crippen LogP contribution >= 0.6 is 0 Å². The van der Waals surface area contributed by atoms with E-state index in [4.69, 9.17) is 0 Å². The van der Waals surface area contributed by atoms with Gasteiger partial charge in [-0.05, 0) is 27.7 Å². The van der Waals surface area contributed by atoms with Gasteiger partial charge in [-0.1, -0.05) is 0 Å². The molecule has 0 aromatic carbocycles. The zero-order chi connectivity index (χ0) is 11.5. The molecule has 0 radical (unpaired) electrons. The van der Waals surface area contributed by atoms with Gasteiger partial charge in [-0.3, -0.25) is 0 Å². The van der Waals surface area contributed by atoms with Crippen LogP contribution in [-0.4, -0.2) is 54.1 Å². The SMILES string of the molecule is CCN(CC)C(=O)N1CCNC(C)(C)C1. The highest BCUT2D eigenvalue weighted by molar-refractivity contribution is 5.74. The molecule has 1 N–H and O–H groups in total. The van der Waals surface area contributed by atoms with Crippen molar-refractivity contribution in [1.29, 1.82) is 0 Å². The Hall–Kier alpha value is -0.770. The van der Waals surface area contributed by atoms with Gasteiger partial charge in [0, 0.05) is 38.3 Å². The van der Waals surface area contributed by atoms with Crippen molar-refractivity contribution in [2.75, 3.05) is 32.7 Å². The summed E-state index contributed by atoms with van der Waals surface area (Å²) in [5, 5.41) is 3.41. The van der Waals surface area contributed by atoms with Crippen molar-refractivity contribution in [3.8, 4) is 0 Å². The van der Waals surface area contributed by atoms with Gasteiger partial charge in [-0.25, -0.2) is 4.79 Å². The summed E-state index contributed by atoms with van der Waals surface area (Å²) >= 11 is 0. The van der Waals surface area contributed by atoms with Gasteiger partial charge in [0.25, 0.3) is 0 Å². The van der Waals surface area contributed by atoms with Crippen LogP contribution in [0.4, 0.5) is 4.79 Å². The zero-order valence-electron chi connectivity index (χ0n) is 10.3. The predicted molar refractivity (Wildman–Crippen MR) is 62.0 cm³/mol. The molecule has 1 saturated heterocycles. The topological polar surface area (TPSA) is 35.6 Å². The number of piperazine rings is 1. The molecule has 1 fully saturated rings. The lowest BCUT2D eigenvalue weighted by Crippen LogP contribution is -2.60. The maximum absolute atomic E-state index is 12.1. The van der Waals surface area contributed by atoms with Gasteiger partial charge < -0.3 is 15.1 Å². The summed E-state index contributed by atoms with van der Waals surface area (Å²) in [7, 11) is 0. The van der Waals surface area contributed by atoms with Crippen molar-refractivity contribution in [1.82, 2.24) is 15.1 Å². The molecule has 1 aliphatic heterocycles. The van der Waals surface area contributed by atoms with Crippen molar-refractivity contribution in [2.24, 2.45) is 0 Å². The molecule has 1 aliphatic rings. The Labute approximate surface area is 92.6 Å². The van der Waals surface area contributed by atoms with Gasteiger partial charge in [0.1, 0.15) is 0 Å². The number of nitrogens with one attached hydrogen (secondary N) is 1. The van der Waals surface area contributed by atoms with E-state index in [1.807, 2.05) is 23.6 Å². The van der Waals surface area contributed by atoms with E-state index in [2.05, 4.69) is 19.2 Å². The zero-order valence-corrected chi connectivity index (χ0v) is 10.3. The summed E-state index contributed by atoms with van der Waals surface area (Å²) in [6, 6.07) is 0.176. The van der Waals surface area contributed by atoms with E-state index in [0.29, 0.717) is 0 Å². The van der Waals surface area contributed by atoms with E-state index < -0.39 is 0 Å². The molecular weight excluding hydrogens is 190 g/mol. The normalized spacial score (nSPS) is 20.1. The molecular formula is C11H23N3O. The third kappa shape index (κ3) is 3.09. The molecule has 0 spiro atoms. The van der Waals surface area contributed by atoms with Gasteiger partial charge in [0.2, 0.25) is 0 Å². The van der Waals surface area contributed by atoms with Crippen molar-refractivity contribution in [3.05, 3.63) is 0 Å². The number of carbonyl (C=O) groups excluding carboxylic acids is 1. The van der Waals surface area contributed by atoms with E-state index in [1.54, 1.807) is 0 Å². The molecule has 0 aromatic rings. The average Bonchev–Trinajstić information content (AvgIpc) is 2.18. The van der Waals surface area contributed by atoms with Crippen LogP contribution < -0.4 is 5.32 Å². The minimum atomic E-state index is 0.0427. The van der Waals surface area contributed by atoms with Crippen LogP contribution in [-0.2, 0) is 0 Å². The maximum Gasteiger partial charge on any atom is 0.320 e. The number of rotatable bonds is 2. The van der Waals surface area contributed by atoms with Crippen molar-refractivity contribution in [3.63, 3.8) is 0 Å². The Morgan fingerprint density at radius 1 is 1.40 bits per heavy atom. The Kier molecular flexibility index (Phi) is 3.97. The van der Waals surface area contributed by atoms with Gasteiger partial charge in [0.15, 0.2) is 0 Å². The molecule has 0 saturated carbocycles. The summed E-state index contributed by atoms with van der Waals surface area (Å²) in [5.41, 5.74) is 0.0427. The van der Waals surface area contributed by atoms with Crippen molar-refractivity contribution >= 4 is 6.03 Å². The lowest BCUT2D eigenvalue weighted by Gasteiger charge is -2.40. The molecule has 0 aliphatic carbocycles.